The topological polar surface area (TPSA) is 48.3 Å². The monoisotopic (exact) mass is 305 g/mol. The van der Waals surface area contributed by atoms with Crippen molar-refractivity contribution in [3.05, 3.63) is 77.0 Å². The van der Waals surface area contributed by atoms with E-state index in [1.807, 2.05) is 24.3 Å². The van der Waals surface area contributed by atoms with Gasteiger partial charge in [0.25, 0.3) is 0 Å². The van der Waals surface area contributed by atoms with Crippen LogP contribution < -0.4 is 5.32 Å². The summed E-state index contributed by atoms with van der Waals surface area (Å²) in [6.07, 6.45) is 1.62. The summed E-state index contributed by atoms with van der Waals surface area (Å²) < 4.78 is 0. The Morgan fingerprint density at radius 3 is 2.61 bits per heavy atom. The fourth-order valence-electron chi connectivity index (χ4n) is 2.76. The third kappa shape index (κ3) is 3.11. The zero-order valence-electron chi connectivity index (χ0n) is 13.3. The van der Waals surface area contributed by atoms with Gasteiger partial charge in [-0.15, -0.1) is 0 Å². The van der Waals surface area contributed by atoms with Crippen LogP contribution in [0.3, 0.4) is 0 Å². The van der Waals surface area contributed by atoms with Crippen LogP contribution in [-0.4, -0.2) is 12.2 Å². The first-order chi connectivity index (χ1) is 11.2. The van der Waals surface area contributed by atoms with Crippen molar-refractivity contribution in [3.63, 3.8) is 0 Å². The number of aryl methyl sites for hydroxylation is 1. The van der Waals surface area contributed by atoms with Crippen molar-refractivity contribution in [1.29, 1.82) is 5.26 Å². The molecule has 1 aliphatic heterocycles. The predicted molar refractivity (Wildman–Crippen MR) is 89.6 cm³/mol. The van der Waals surface area contributed by atoms with Gasteiger partial charge in [0, 0.05) is 18.3 Å². The average Bonchev–Trinajstić information content (AvgIpc) is 2.60. The van der Waals surface area contributed by atoms with E-state index in [1.54, 1.807) is 18.4 Å². The van der Waals surface area contributed by atoms with E-state index in [1.165, 1.54) is 11.1 Å². The van der Waals surface area contributed by atoms with Crippen molar-refractivity contribution in [3.8, 4) is 6.07 Å². The molecule has 1 N–H and O–H groups in total. The Kier molecular flexibility index (Phi) is 4.42. The number of nitrogens with one attached hydrogen (secondary N) is 1. The first-order valence-corrected chi connectivity index (χ1v) is 7.55. The van der Waals surface area contributed by atoms with Crippen LogP contribution in [0.2, 0.25) is 0 Å². The molecular weight excluding hydrogens is 286 g/mol. The van der Waals surface area contributed by atoms with Crippen molar-refractivity contribution in [2.24, 2.45) is 0 Å². The van der Waals surface area contributed by atoms with E-state index in [9.17, 15) is 5.26 Å². The first kappa shape index (κ1) is 15.3. The lowest BCUT2D eigenvalue weighted by Crippen LogP contribution is -2.37. The van der Waals surface area contributed by atoms with E-state index < -0.39 is 0 Å². The molecule has 1 atom stereocenters. The second-order valence-corrected chi connectivity index (χ2v) is 5.55. The third-order valence-electron chi connectivity index (χ3n) is 4.01. The van der Waals surface area contributed by atoms with Gasteiger partial charge in [0.05, 0.1) is 12.7 Å². The smallest absolute Gasteiger partial charge is 0.132 e. The number of hydrogen-bond donors (Lipinski definition) is 1. The van der Waals surface area contributed by atoms with Crippen LogP contribution >= 0.6 is 0 Å². The Morgan fingerprint density at radius 1 is 1.17 bits per heavy atom. The van der Waals surface area contributed by atoms with Gasteiger partial charge in [0.2, 0.25) is 0 Å². The second kappa shape index (κ2) is 6.66. The number of fused-ring (bicyclic) bond motifs is 1. The molecule has 2 aromatic carbocycles. The van der Waals surface area contributed by atoms with Gasteiger partial charge in [-0.05, 0) is 18.1 Å². The molecule has 0 aliphatic carbocycles. The molecule has 0 bridgehead atoms. The molecule has 0 saturated heterocycles. The molecule has 1 aliphatic rings. The normalized spacial score (nSPS) is 16.5. The quantitative estimate of drug-likeness (QED) is 0.939. The van der Waals surface area contributed by atoms with Crippen molar-refractivity contribution < 1.29 is 4.84 Å². The molecule has 116 valence electrons. The van der Waals surface area contributed by atoms with Crippen LogP contribution in [0.4, 0.5) is 0 Å². The van der Waals surface area contributed by atoms with Crippen LogP contribution in [0.1, 0.15) is 28.4 Å². The summed E-state index contributed by atoms with van der Waals surface area (Å²) in [5.41, 5.74) is 5.05. The summed E-state index contributed by atoms with van der Waals surface area (Å²) in [6, 6.07) is 18.6. The predicted octanol–water partition coefficient (Wildman–Crippen LogP) is 3.52. The molecule has 0 aromatic heterocycles. The highest BCUT2D eigenvalue weighted by Crippen LogP contribution is 2.33. The molecule has 4 heteroatoms. The zero-order valence-corrected chi connectivity index (χ0v) is 13.3. The summed E-state index contributed by atoms with van der Waals surface area (Å²) in [5.74, 6) is 0. The van der Waals surface area contributed by atoms with Gasteiger partial charge in [-0.1, -0.05) is 54.1 Å². The summed E-state index contributed by atoms with van der Waals surface area (Å²) in [6.45, 7) is 2.80. The van der Waals surface area contributed by atoms with E-state index in [0.717, 1.165) is 17.7 Å². The highest BCUT2D eigenvalue weighted by Gasteiger charge is 2.27. The van der Waals surface area contributed by atoms with Crippen molar-refractivity contribution in [2.75, 3.05) is 7.11 Å². The molecule has 4 nitrogen and oxygen atoms in total. The Morgan fingerprint density at radius 2 is 1.91 bits per heavy atom. The number of rotatable bonds is 4. The molecule has 3 rings (SSSR count). The maximum atomic E-state index is 9.35. The minimum atomic E-state index is -0.130. The molecule has 1 heterocycles. The fourth-order valence-corrected chi connectivity index (χ4v) is 2.76. The summed E-state index contributed by atoms with van der Waals surface area (Å²) in [7, 11) is 1.61. The average molecular weight is 305 g/mol. The Hall–Kier alpha value is -2.61. The Labute approximate surface area is 136 Å². The van der Waals surface area contributed by atoms with Gasteiger partial charge in [0.1, 0.15) is 12.2 Å². The largest absolute Gasteiger partial charge is 0.287 e. The highest BCUT2D eigenvalue weighted by molar-refractivity contribution is 5.79. The summed E-state index contributed by atoms with van der Waals surface area (Å²) >= 11 is 0. The molecular formula is C19H19N3O. The molecule has 0 fully saturated rings. The second-order valence-electron chi connectivity index (χ2n) is 5.55. The van der Waals surface area contributed by atoms with Crippen LogP contribution in [0.15, 0.2) is 54.7 Å². The Balaban J connectivity index is 1.87. The summed E-state index contributed by atoms with van der Waals surface area (Å²) in [4.78, 5) is 5.44. The van der Waals surface area contributed by atoms with Gasteiger partial charge in [0.15, 0.2) is 0 Å². The van der Waals surface area contributed by atoms with E-state index in [-0.39, 0.29) is 6.17 Å². The minimum absolute atomic E-state index is 0.130. The molecule has 0 saturated carbocycles. The standard InChI is InChI=1S/C19H19N3O/c1-14-7-9-15(10-8-14)12-21-19-18-6-4-3-5-17(18)16(11-20)13-22(19)23-2/h3-10,13,19,21H,12H2,1-2H3. The maximum absolute atomic E-state index is 9.35. The van der Waals surface area contributed by atoms with E-state index in [4.69, 9.17) is 4.84 Å². The van der Waals surface area contributed by atoms with Crippen LogP contribution in [0, 0.1) is 18.3 Å². The first-order valence-electron chi connectivity index (χ1n) is 7.55. The van der Waals surface area contributed by atoms with Crippen LogP contribution in [0.25, 0.3) is 5.57 Å². The molecule has 1 unspecified atom stereocenters. The van der Waals surface area contributed by atoms with Crippen molar-refractivity contribution >= 4 is 5.57 Å². The number of nitrogens with zero attached hydrogens (tertiary/aromatic N) is 2. The third-order valence-corrected chi connectivity index (χ3v) is 4.01. The van der Waals surface area contributed by atoms with E-state index in [2.05, 4.69) is 42.6 Å². The van der Waals surface area contributed by atoms with Gasteiger partial charge in [-0.3, -0.25) is 10.2 Å². The molecule has 0 spiro atoms. The lowest BCUT2D eigenvalue weighted by atomic mass is 9.96. The molecule has 2 aromatic rings. The molecule has 23 heavy (non-hydrogen) atoms. The van der Waals surface area contributed by atoms with Crippen molar-refractivity contribution in [1.82, 2.24) is 10.4 Å². The highest BCUT2D eigenvalue weighted by atomic mass is 16.7. The number of benzene rings is 2. The van der Waals surface area contributed by atoms with Gasteiger partial charge in [-0.2, -0.15) is 5.26 Å². The van der Waals surface area contributed by atoms with Gasteiger partial charge < -0.3 is 0 Å². The van der Waals surface area contributed by atoms with Crippen LogP contribution in [-0.2, 0) is 11.4 Å². The van der Waals surface area contributed by atoms with Gasteiger partial charge in [-0.25, -0.2) is 5.06 Å². The number of hydrogen-bond acceptors (Lipinski definition) is 4. The van der Waals surface area contributed by atoms with Crippen LogP contribution in [0.5, 0.6) is 0 Å². The summed E-state index contributed by atoms with van der Waals surface area (Å²) in [5, 5.41) is 14.5. The Bertz CT molecular complexity index is 759. The number of nitriles is 1. The fraction of sp³-hybridized carbons (Fsp3) is 0.211. The van der Waals surface area contributed by atoms with E-state index in [0.29, 0.717) is 5.57 Å². The van der Waals surface area contributed by atoms with Crippen molar-refractivity contribution in [2.45, 2.75) is 19.6 Å². The maximum Gasteiger partial charge on any atom is 0.132 e. The van der Waals surface area contributed by atoms with Gasteiger partial charge >= 0.3 is 0 Å². The molecule has 0 amide bonds. The molecule has 0 radical (unpaired) electrons. The minimum Gasteiger partial charge on any atom is -0.287 e. The lowest BCUT2D eigenvalue weighted by Gasteiger charge is -2.34. The lowest BCUT2D eigenvalue weighted by molar-refractivity contribution is -0.132. The number of hydroxylamine groups is 2. The number of allylic oxidation sites excluding steroid dienone is 1. The van der Waals surface area contributed by atoms with E-state index >= 15 is 0 Å². The zero-order chi connectivity index (χ0) is 16.2. The SMILES string of the molecule is CON1C=C(C#N)c2ccccc2C1NCc1ccc(C)cc1.